The Morgan fingerprint density at radius 3 is 0.723 bits per heavy atom. The van der Waals surface area contributed by atoms with Gasteiger partial charge >= 0.3 is 5.97 Å². The number of unbranched alkanes of at least 4 members (excludes halogenated alkanes) is 8. The number of hydrogen-bond acceptors (Lipinski definition) is 5. The molecule has 4 aromatic rings. The van der Waals surface area contributed by atoms with E-state index < -0.39 is 17.3 Å². The highest BCUT2D eigenvalue weighted by Gasteiger charge is 2.52. The van der Waals surface area contributed by atoms with E-state index in [1.54, 1.807) is 0 Å². The van der Waals surface area contributed by atoms with Gasteiger partial charge in [-0.05, 0) is 169 Å². The molecular weight excluding hydrogens is 805 g/mol. The third kappa shape index (κ3) is 12.9. The topological polar surface area (TPSA) is 118 Å². The molecule has 0 heterocycles. The third-order valence-corrected chi connectivity index (χ3v) is 13.9. The molecule has 0 saturated heterocycles. The number of carboxylic acids is 1. The molecule has 0 aliphatic carbocycles. The number of aryl methyl sites for hydroxylation is 8. The Kier molecular flexibility index (Phi) is 21.8. The van der Waals surface area contributed by atoms with Crippen LogP contribution in [0.1, 0.15) is 231 Å². The molecule has 0 aliphatic heterocycles. The van der Waals surface area contributed by atoms with Crippen LogP contribution >= 0.6 is 0 Å². The quantitative estimate of drug-likeness (QED) is 0.0356. The van der Waals surface area contributed by atoms with Crippen LogP contribution in [0.4, 0.5) is 0 Å². The molecule has 0 unspecified atom stereocenters. The van der Waals surface area contributed by atoms with Gasteiger partial charge in [-0.2, -0.15) is 0 Å². The highest BCUT2D eigenvalue weighted by atomic mass is 16.4. The van der Waals surface area contributed by atoms with Gasteiger partial charge < -0.3 is 25.5 Å². The summed E-state index contributed by atoms with van der Waals surface area (Å²) >= 11 is 0. The van der Waals surface area contributed by atoms with Gasteiger partial charge in [-0.1, -0.05) is 155 Å². The molecule has 5 N–H and O–H groups in total. The Morgan fingerprint density at radius 1 is 0.369 bits per heavy atom. The van der Waals surface area contributed by atoms with E-state index in [1.807, 2.05) is 24.3 Å². The standard InChI is InChI=1S/C59H86O6/c1-9-17-25-41-33-49(34-42(54(41)60)26-18-10-2)53(50-35-43(27-19-11-3)55(61)44(36-50)28-20-12-4)59(58(64)65,51-37-45(29-21-13-5)56(62)46(38-51)30-22-14-6)52-39-47(31-23-15-7)57(63)48(40-52)32-24-16-8/h33-40,53,60-63H,9-32H2,1-8H3,(H,64,65). The second-order valence-corrected chi connectivity index (χ2v) is 19.0. The van der Waals surface area contributed by atoms with Crippen LogP contribution in [0.15, 0.2) is 48.5 Å². The molecule has 4 aromatic carbocycles. The van der Waals surface area contributed by atoms with Crippen molar-refractivity contribution in [3.63, 3.8) is 0 Å². The fourth-order valence-corrected chi connectivity index (χ4v) is 9.91. The summed E-state index contributed by atoms with van der Waals surface area (Å²) in [6.45, 7) is 17.1. The monoisotopic (exact) mass is 891 g/mol. The zero-order valence-electron chi connectivity index (χ0n) is 41.8. The van der Waals surface area contributed by atoms with E-state index in [1.165, 1.54) is 0 Å². The second-order valence-electron chi connectivity index (χ2n) is 19.0. The highest BCUT2D eigenvalue weighted by Crippen LogP contribution is 2.53. The van der Waals surface area contributed by atoms with Crippen molar-refractivity contribution in [2.24, 2.45) is 0 Å². The maximum atomic E-state index is 15.6. The maximum absolute atomic E-state index is 15.6. The van der Waals surface area contributed by atoms with Gasteiger partial charge in [0.15, 0.2) is 0 Å². The first kappa shape index (κ1) is 53.2. The molecule has 0 amide bonds. The van der Waals surface area contributed by atoms with Gasteiger partial charge in [0.2, 0.25) is 0 Å². The van der Waals surface area contributed by atoms with Gasteiger partial charge in [0.25, 0.3) is 0 Å². The molecule has 6 heteroatoms. The average molecular weight is 891 g/mol. The summed E-state index contributed by atoms with van der Waals surface area (Å²) in [6, 6.07) is 16.3. The first-order valence-corrected chi connectivity index (χ1v) is 26.0. The fourth-order valence-electron chi connectivity index (χ4n) is 9.91. The Bertz CT molecular complexity index is 1860. The van der Waals surface area contributed by atoms with Crippen LogP contribution in [-0.4, -0.2) is 31.5 Å². The van der Waals surface area contributed by atoms with Crippen molar-refractivity contribution in [1.29, 1.82) is 0 Å². The zero-order chi connectivity index (χ0) is 47.5. The molecule has 0 spiro atoms. The van der Waals surface area contributed by atoms with Crippen LogP contribution in [0.5, 0.6) is 23.0 Å². The number of phenols is 4. The van der Waals surface area contributed by atoms with Gasteiger partial charge in [-0.25, -0.2) is 0 Å². The summed E-state index contributed by atoms with van der Waals surface area (Å²) in [5, 5.41) is 60.9. The lowest BCUT2D eigenvalue weighted by atomic mass is 9.59. The molecule has 0 fully saturated rings. The summed E-state index contributed by atoms with van der Waals surface area (Å²) in [4.78, 5) is 15.6. The van der Waals surface area contributed by atoms with Gasteiger partial charge in [0, 0.05) is 5.92 Å². The summed E-state index contributed by atoms with van der Waals surface area (Å²) in [7, 11) is 0. The summed E-state index contributed by atoms with van der Waals surface area (Å²) in [5.74, 6) is -0.739. The number of aromatic hydroxyl groups is 4. The molecule has 358 valence electrons. The predicted octanol–water partition coefficient (Wildman–Crippen LogP) is 15.5. The minimum Gasteiger partial charge on any atom is -0.507 e. The molecule has 0 aliphatic rings. The number of benzene rings is 4. The highest BCUT2D eigenvalue weighted by molar-refractivity contribution is 5.90. The summed E-state index contributed by atoms with van der Waals surface area (Å²) < 4.78 is 0. The van der Waals surface area contributed by atoms with E-state index in [0.717, 1.165) is 158 Å². The molecule has 0 atom stereocenters. The Hall–Kier alpha value is -4.45. The number of rotatable bonds is 30. The van der Waals surface area contributed by atoms with Crippen molar-refractivity contribution < 1.29 is 30.3 Å². The number of carboxylic acid groups (broad SMARTS) is 1. The van der Waals surface area contributed by atoms with Crippen molar-refractivity contribution >= 4 is 5.97 Å². The minimum atomic E-state index is -1.78. The smallest absolute Gasteiger partial charge is 0.319 e. The van der Waals surface area contributed by atoms with Crippen LogP contribution < -0.4 is 0 Å². The van der Waals surface area contributed by atoms with Crippen molar-refractivity contribution in [2.75, 3.05) is 0 Å². The summed E-state index contributed by atoms with van der Waals surface area (Å²) in [5.41, 5.74) is 7.38. The Morgan fingerprint density at radius 2 is 0.554 bits per heavy atom. The first-order chi connectivity index (χ1) is 31.4. The van der Waals surface area contributed by atoms with Gasteiger partial charge in [-0.3, -0.25) is 4.79 Å². The Labute approximate surface area is 394 Å². The normalized spacial score (nSPS) is 11.8. The lowest BCUT2D eigenvalue weighted by molar-refractivity contribution is -0.142. The molecule has 0 bridgehead atoms. The van der Waals surface area contributed by atoms with Crippen LogP contribution in [0.3, 0.4) is 0 Å². The second kappa shape index (κ2) is 26.6. The van der Waals surface area contributed by atoms with Crippen LogP contribution in [0.25, 0.3) is 0 Å². The third-order valence-electron chi connectivity index (χ3n) is 13.9. The van der Waals surface area contributed by atoms with Crippen LogP contribution in [0, 0.1) is 0 Å². The molecule has 0 aromatic heterocycles. The maximum Gasteiger partial charge on any atom is 0.319 e. The molecular formula is C59H86O6. The fraction of sp³-hybridized carbons (Fsp3) is 0.576. The van der Waals surface area contributed by atoms with Crippen molar-refractivity contribution in [1.82, 2.24) is 0 Å². The van der Waals surface area contributed by atoms with E-state index in [0.29, 0.717) is 74.0 Å². The van der Waals surface area contributed by atoms with Gasteiger partial charge in [0.05, 0.1) is 0 Å². The average Bonchev–Trinajstić information content (AvgIpc) is 3.30. The number of hydrogen-bond donors (Lipinski definition) is 5. The van der Waals surface area contributed by atoms with Gasteiger partial charge in [-0.15, -0.1) is 0 Å². The van der Waals surface area contributed by atoms with E-state index in [9.17, 15) is 25.5 Å². The number of carbonyl (C=O) groups is 1. The van der Waals surface area contributed by atoms with E-state index in [-0.39, 0.29) is 11.5 Å². The van der Waals surface area contributed by atoms with Crippen LogP contribution in [-0.2, 0) is 61.6 Å². The Balaban J connectivity index is 2.44. The van der Waals surface area contributed by atoms with E-state index in [2.05, 4.69) is 79.7 Å². The van der Waals surface area contributed by atoms with Crippen molar-refractivity contribution in [3.8, 4) is 23.0 Å². The zero-order valence-corrected chi connectivity index (χ0v) is 41.8. The summed E-state index contributed by atoms with van der Waals surface area (Å²) in [6.07, 6.45) is 19.4. The first-order valence-electron chi connectivity index (χ1n) is 26.0. The predicted molar refractivity (Wildman–Crippen MR) is 272 cm³/mol. The largest absolute Gasteiger partial charge is 0.507 e. The molecule has 4 rings (SSSR count). The van der Waals surface area contributed by atoms with Crippen molar-refractivity contribution in [2.45, 2.75) is 221 Å². The lowest BCUT2D eigenvalue weighted by Gasteiger charge is -2.41. The molecule has 0 saturated carbocycles. The van der Waals surface area contributed by atoms with Crippen LogP contribution in [0.2, 0.25) is 0 Å². The SMILES string of the molecule is CCCCc1cc(C(c2cc(CCCC)c(O)c(CCCC)c2)C(C(=O)O)(c2cc(CCCC)c(O)c(CCCC)c2)c2cc(CCCC)c(O)c(CCCC)c2)cc(CCCC)c1O. The number of phenolic OH excluding ortho intramolecular Hbond substituents is 4. The van der Waals surface area contributed by atoms with E-state index >= 15 is 4.79 Å². The molecule has 65 heavy (non-hydrogen) atoms. The molecule has 6 nitrogen and oxygen atoms in total. The minimum absolute atomic E-state index is 0.256. The van der Waals surface area contributed by atoms with Crippen molar-refractivity contribution in [3.05, 3.63) is 115 Å². The number of aliphatic carboxylic acids is 1. The molecule has 0 radical (unpaired) electrons. The van der Waals surface area contributed by atoms with E-state index in [4.69, 9.17) is 0 Å². The van der Waals surface area contributed by atoms with Gasteiger partial charge in [0.1, 0.15) is 28.4 Å². The lowest BCUT2D eigenvalue weighted by Crippen LogP contribution is -2.44.